The molecule has 2 N–H and O–H groups in total. The lowest BCUT2D eigenvalue weighted by molar-refractivity contribution is 0.0663. The Bertz CT molecular complexity index is 904. The fraction of sp³-hybridized carbons (Fsp3) is 0.348. The third kappa shape index (κ3) is 6.29. The molecule has 8 nitrogen and oxygen atoms in total. The van der Waals surface area contributed by atoms with Gasteiger partial charge in [0.15, 0.2) is 0 Å². The molecule has 0 bridgehead atoms. The summed E-state index contributed by atoms with van der Waals surface area (Å²) in [6.45, 7) is 3.46. The van der Waals surface area contributed by atoms with Crippen LogP contribution < -0.4 is 15.4 Å². The number of ether oxygens (including phenoxy) is 1. The first-order valence-electron chi connectivity index (χ1n) is 10.3. The van der Waals surface area contributed by atoms with Crippen LogP contribution in [0.2, 0.25) is 0 Å². The van der Waals surface area contributed by atoms with E-state index < -0.39 is 11.9 Å². The molecular weight excluding hydrogens is 396 g/mol. The summed E-state index contributed by atoms with van der Waals surface area (Å²) in [5.41, 5.74) is 1.90. The molecule has 0 atom stereocenters. The van der Waals surface area contributed by atoms with E-state index in [0.29, 0.717) is 37.2 Å². The van der Waals surface area contributed by atoms with E-state index in [-0.39, 0.29) is 5.91 Å². The molecule has 2 aromatic carbocycles. The molecule has 1 heterocycles. The first-order chi connectivity index (χ1) is 15.0. The summed E-state index contributed by atoms with van der Waals surface area (Å²) in [5.74, 6) is 0.216. The zero-order chi connectivity index (χ0) is 22.2. The van der Waals surface area contributed by atoms with Gasteiger partial charge < -0.3 is 19.9 Å². The van der Waals surface area contributed by atoms with Gasteiger partial charge in [0.2, 0.25) is 0 Å². The molecule has 1 aliphatic heterocycles. The van der Waals surface area contributed by atoms with Gasteiger partial charge in [0.1, 0.15) is 5.75 Å². The molecule has 1 fully saturated rings. The zero-order valence-corrected chi connectivity index (χ0v) is 17.9. The number of methoxy groups -OCH3 is 1. The Morgan fingerprint density at radius 3 is 2.13 bits per heavy atom. The summed E-state index contributed by atoms with van der Waals surface area (Å²) in [4.78, 5) is 40.9. The van der Waals surface area contributed by atoms with E-state index in [1.165, 1.54) is 0 Å². The summed E-state index contributed by atoms with van der Waals surface area (Å²) >= 11 is 0. The van der Waals surface area contributed by atoms with Crippen molar-refractivity contribution in [2.45, 2.75) is 6.42 Å². The fourth-order valence-corrected chi connectivity index (χ4v) is 3.29. The Balaban J connectivity index is 1.45. The SMILES string of the molecule is COc1ccc(CCNC(=O)NC(=O)c2ccc(C(=O)N3CCN(C)CC3)cc2)cc1. The van der Waals surface area contributed by atoms with Gasteiger partial charge >= 0.3 is 6.03 Å². The molecule has 0 saturated carbocycles. The van der Waals surface area contributed by atoms with Crippen molar-refractivity contribution in [1.29, 1.82) is 0 Å². The minimum absolute atomic E-state index is 0.0451. The van der Waals surface area contributed by atoms with Crippen molar-refractivity contribution in [3.05, 3.63) is 65.2 Å². The van der Waals surface area contributed by atoms with Crippen molar-refractivity contribution in [2.24, 2.45) is 0 Å². The summed E-state index contributed by atoms with van der Waals surface area (Å²) in [7, 11) is 3.64. The number of carbonyl (C=O) groups excluding carboxylic acids is 3. The van der Waals surface area contributed by atoms with E-state index >= 15 is 0 Å². The number of rotatable bonds is 6. The maximum absolute atomic E-state index is 12.6. The van der Waals surface area contributed by atoms with Crippen LogP contribution in [0.3, 0.4) is 0 Å². The molecule has 31 heavy (non-hydrogen) atoms. The van der Waals surface area contributed by atoms with Crippen LogP contribution in [0.1, 0.15) is 26.3 Å². The highest BCUT2D eigenvalue weighted by atomic mass is 16.5. The number of urea groups is 1. The topological polar surface area (TPSA) is 91.0 Å². The van der Waals surface area contributed by atoms with Crippen LogP contribution >= 0.6 is 0 Å². The van der Waals surface area contributed by atoms with E-state index in [2.05, 4.69) is 15.5 Å². The van der Waals surface area contributed by atoms with E-state index in [1.54, 1.807) is 31.4 Å². The van der Waals surface area contributed by atoms with Crippen molar-refractivity contribution in [3.8, 4) is 5.75 Å². The van der Waals surface area contributed by atoms with Crippen LogP contribution in [0.5, 0.6) is 5.75 Å². The van der Waals surface area contributed by atoms with Crippen LogP contribution in [0.25, 0.3) is 0 Å². The quantitative estimate of drug-likeness (QED) is 0.738. The van der Waals surface area contributed by atoms with Gasteiger partial charge in [-0.05, 0) is 55.4 Å². The number of imide groups is 1. The Hall–Kier alpha value is -3.39. The van der Waals surface area contributed by atoms with Crippen molar-refractivity contribution in [3.63, 3.8) is 0 Å². The standard InChI is InChI=1S/C23H28N4O4/c1-26-13-15-27(16-14-26)22(29)19-7-5-18(6-8-19)21(28)25-23(30)24-12-11-17-3-9-20(31-2)10-4-17/h3-10H,11-16H2,1-2H3,(H2,24,25,28,30). The first-order valence-corrected chi connectivity index (χ1v) is 10.3. The minimum atomic E-state index is -0.559. The third-order valence-electron chi connectivity index (χ3n) is 5.27. The number of amides is 4. The molecule has 1 saturated heterocycles. The number of carbonyl (C=O) groups is 3. The van der Waals surface area contributed by atoms with E-state index in [4.69, 9.17) is 4.74 Å². The molecule has 0 unspecified atom stereocenters. The van der Waals surface area contributed by atoms with E-state index in [9.17, 15) is 14.4 Å². The van der Waals surface area contributed by atoms with Crippen molar-refractivity contribution >= 4 is 17.8 Å². The number of nitrogens with zero attached hydrogens (tertiary/aromatic N) is 2. The summed E-state index contributed by atoms with van der Waals surface area (Å²) in [6, 6.07) is 13.4. The first kappa shape index (κ1) is 22.3. The smallest absolute Gasteiger partial charge is 0.321 e. The van der Waals surface area contributed by atoms with Gasteiger partial charge in [-0.2, -0.15) is 0 Å². The third-order valence-corrected chi connectivity index (χ3v) is 5.27. The Morgan fingerprint density at radius 1 is 0.903 bits per heavy atom. The number of likely N-dealkylation sites (N-methyl/N-ethyl adjacent to an activating group) is 1. The minimum Gasteiger partial charge on any atom is -0.497 e. The molecule has 0 radical (unpaired) electrons. The maximum Gasteiger partial charge on any atom is 0.321 e. The maximum atomic E-state index is 12.6. The van der Waals surface area contributed by atoms with Crippen LogP contribution in [-0.4, -0.2) is 74.5 Å². The molecule has 0 aliphatic carbocycles. The van der Waals surface area contributed by atoms with Crippen LogP contribution in [-0.2, 0) is 6.42 Å². The molecule has 0 aromatic heterocycles. The van der Waals surface area contributed by atoms with Gasteiger partial charge in [-0.15, -0.1) is 0 Å². The Morgan fingerprint density at radius 2 is 1.52 bits per heavy atom. The van der Waals surface area contributed by atoms with Gasteiger partial charge in [-0.25, -0.2) is 4.79 Å². The second kappa shape index (κ2) is 10.6. The summed E-state index contributed by atoms with van der Waals surface area (Å²) in [5, 5.41) is 4.98. The normalized spacial score (nSPS) is 14.1. The molecule has 2 aromatic rings. The van der Waals surface area contributed by atoms with Gasteiger partial charge in [-0.3, -0.25) is 14.9 Å². The molecule has 8 heteroatoms. The predicted octanol–water partition coefficient (Wildman–Crippen LogP) is 1.76. The average molecular weight is 425 g/mol. The average Bonchev–Trinajstić information content (AvgIpc) is 2.79. The summed E-state index contributed by atoms with van der Waals surface area (Å²) < 4.78 is 5.11. The zero-order valence-electron chi connectivity index (χ0n) is 17.9. The van der Waals surface area contributed by atoms with Crippen LogP contribution in [0.4, 0.5) is 4.79 Å². The van der Waals surface area contributed by atoms with E-state index in [1.807, 2.05) is 36.2 Å². The van der Waals surface area contributed by atoms with Crippen molar-refractivity contribution in [1.82, 2.24) is 20.4 Å². The lowest BCUT2D eigenvalue weighted by atomic mass is 10.1. The number of benzene rings is 2. The molecular formula is C23H28N4O4. The summed E-state index contributed by atoms with van der Waals surface area (Å²) in [6.07, 6.45) is 0.634. The molecule has 164 valence electrons. The number of hydrogen-bond acceptors (Lipinski definition) is 5. The molecule has 4 amide bonds. The second-order valence-corrected chi connectivity index (χ2v) is 7.48. The van der Waals surface area contributed by atoms with Gasteiger partial charge in [-0.1, -0.05) is 12.1 Å². The number of piperazine rings is 1. The van der Waals surface area contributed by atoms with Gasteiger partial charge in [0, 0.05) is 43.9 Å². The highest BCUT2D eigenvalue weighted by Gasteiger charge is 2.20. The largest absolute Gasteiger partial charge is 0.497 e. The monoisotopic (exact) mass is 424 g/mol. The second-order valence-electron chi connectivity index (χ2n) is 7.48. The highest BCUT2D eigenvalue weighted by Crippen LogP contribution is 2.12. The number of hydrogen-bond donors (Lipinski definition) is 2. The van der Waals surface area contributed by atoms with Crippen molar-refractivity contribution in [2.75, 3.05) is 46.9 Å². The predicted molar refractivity (Wildman–Crippen MR) is 117 cm³/mol. The fourth-order valence-electron chi connectivity index (χ4n) is 3.29. The van der Waals surface area contributed by atoms with Gasteiger partial charge in [0.05, 0.1) is 7.11 Å². The van der Waals surface area contributed by atoms with Crippen molar-refractivity contribution < 1.29 is 19.1 Å². The van der Waals surface area contributed by atoms with Gasteiger partial charge in [0.25, 0.3) is 11.8 Å². The molecule has 0 spiro atoms. The number of nitrogens with one attached hydrogen (secondary N) is 2. The lowest BCUT2D eigenvalue weighted by Crippen LogP contribution is -2.47. The van der Waals surface area contributed by atoms with Crippen LogP contribution in [0.15, 0.2) is 48.5 Å². The van der Waals surface area contributed by atoms with E-state index in [0.717, 1.165) is 24.4 Å². The highest BCUT2D eigenvalue weighted by molar-refractivity contribution is 6.04. The Labute approximate surface area is 182 Å². The molecule has 3 rings (SSSR count). The van der Waals surface area contributed by atoms with Crippen LogP contribution in [0, 0.1) is 0 Å². The Kier molecular flexibility index (Phi) is 7.61. The molecule has 1 aliphatic rings. The lowest BCUT2D eigenvalue weighted by Gasteiger charge is -2.32.